The number of nitrogens with zero attached hydrogens (tertiary/aromatic N) is 2. The van der Waals surface area contributed by atoms with Crippen LogP contribution in [0.1, 0.15) is 44.4 Å². The molecular weight excluding hydrogens is 346 g/mol. The maximum atomic E-state index is 11.7. The molecule has 3 rings (SSSR count). The number of aromatic nitrogens is 2. The van der Waals surface area contributed by atoms with Crippen LogP contribution in [0.15, 0.2) is 42.7 Å². The number of rotatable bonds is 5. The average Bonchev–Trinajstić information content (AvgIpc) is 3.09. The zero-order valence-corrected chi connectivity index (χ0v) is 15.8. The van der Waals surface area contributed by atoms with Crippen molar-refractivity contribution in [3.05, 3.63) is 53.9 Å². The highest BCUT2D eigenvalue weighted by atomic mass is 16.6. The van der Waals surface area contributed by atoms with Crippen molar-refractivity contribution in [3.8, 4) is 0 Å². The minimum absolute atomic E-state index is 0.0368. The Balaban J connectivity index is 1.48. The Morgan fingerprint density at radius 3 is 2.59 bits per heavy atom. The highest BCUT2D eigenvalue weighted by Gasteiger charge is 2.28. The molecular formula is C20H25N3O4. The number of anilines is 1. The Bertz CT molecular complexity index is 744. The van der Waals surface area contributed by atoms with Crippen LogP contribution in [-0.4, -0.2) is 34.4 Å². The van der Waals surface area contributed by atoms with Gasteiger partial charge >= 0.3 is 6.09 Å². The van der Waals surface area contributed by atoms with E-state index in [1.54, 1.807) is 33.2 Å². The van der Waals surface area contributed by atoms with Crippen molar-refractivity contribution in [2.75, 3.05) is 11.9 Å². The number of nitrogens with one attached hydrogen (secondary N) is 1. The number of ether oxygens (including phenoxy) is 3. The van der Waals surface area contributed by atoms with E-state index >= 15 is 0 Å². The molecule has 1 aromatic heterocycles. The van der Waals surface area contributed by atoms with E-state index < -0.39 is 11.7 Å². The smallest absolute Gasteiger partial charge is 0.414 e. The molecule has 1 aliphatic heterocycles. The average molecular weight is 371 g/mol. The van der Waals surface area contributed by atoms with Crippen molar-refractivity contribution >= 4 is 12.0 Å². The molecule has 7 nitrogen and oxygen atoms in total. The number of carbonyl (C=O) groups is 1. The minimum Gasteiger partial charge on any atom is -0.444 e. The Morgan fingerprint density at radius 2 is 1.93 bits per heavy atom. The minimum atomic E-state index is -0.582. The third-order valence-electron chi connectivity index (χ3n) is 3.95. The van der Waals surface area contributed by atoms with Gasteiger partial charge in [0.05, 0.1) is 25.4 Å². The lowest BCUT2D eigenvalue weighted by Gasteiger charge is -2.19. The summed E-state index contributed by atoms with van der Waals surface area (Å²) in [6.07, 6.45) is 3.40. The summed E-state index contributed by atoms with van der Waals surface area (Å²) in [7, 11) is 0. The van der Waals surface area contributed by atoms with Gasteiger partial charge in [-0.15, -0.1) is 0 Å². The van der Waals surface area contributed by atoms with Gasteiger partial charge < -0.3 is 14.2 Å². The lowest BCUT2D eigenvalue weighted by atomic mass is 10.1. The van der Waals surface area contributed by atoms with Gasteiger partial charge in [-0.25, -0.2) is 14.8 Å². The van der Waals surface area contributed by atoms with Gasteiger partial charge in [-0.3, -0.25) is 5.32 Å². The SMILES string of the molecule is CC(C)(C)OC(=O)Nc1ncc(C2CC(OCc3ccccc3)CO2)cn1. The van der Waals surface area contributed by atoms with Gasteiger partial charge in [0.2, 0.25) is 5.95 Å². The lowest BCUT2D eigenvalue weighted by molar-refractivity contribution is 0.0274. The Labute approximate surface area is 159 Å². The van der Waals surface area contributed by atoms with Crippen molar-refractivity contribution in [1.82, 2.24) is 9.97 Å². The first-order chi connectivity index (χ1) is 12.9. The zero-order chi connectivity index (χ0) is 19.3. The summed E-state index contributed by atoms with van der Waals surface area (Å²) in [6.45, 7) is 6.49. The van der Waals surface area contributed by atoms with E-state index in [2.05, 4.69) is 15.3 Å². The lowest BCUT2D eigenvalue weighted by Crippen LogP contribution is -2.27. The van der Waals surface area contributed by atoms with Gasteiger partial charge in [0.25, 0.3) is 0 Å². The fourth-order valence-corrected chi connectivity index (χ4v) is 2.70. The largest absolute Gasteiger partial charge is 0.444 e. The van der Waals surface area contributed by atoms with Crippen LogP contribution in [0.5, 0.6) is 0 Å². The normalized spacial score (nSPS) is 19.7. The number of hydrogen-bond acceptors (Lipinski definition) is 6. The van der Waals surface area contributed by atoms with Crippen molar-refractivity contribution in [2.45, 2.75) is 51.6 Å². The number of carbonyl (C=O) groups excluding carboxylic acids is 1. The first kappa shape index (κ1) is 19.3. The van der Waals surface area contributed by atoms with Crippen LogP contribution in [0.4, 0.5) is 10.7 Å². The molecule has 1 N–H and O–H groups in total. The van der Waals surface area contributed by atoms with Crippen molar-refractivity contribution in [3.63, 3.8) is 0 Å². The molecule has 0 aliphatic carbocycles. The van der Waals surface area contributed by atoms with Gasteiger partial charge in [-0.05, 0) is 26.3 Å². The van der Waals surface area contributed by atoms with Crippen LogP contribution < -0.4 is 5.32 Å². The predicted octanol–water partition coefficient (Wildman–Crippen LogP) is 3.87. The maximum absolute atomic E-state index is 11.7. The molecule has 0 bridgehead atoms. The molecule has 0 saturated carbocycles. The van der Waals surface area contributed by atoms with E-state index in [1.165, 1.54) is 0 Å². The molecule has 2 atom stereocenters. The van der Waals surface area contributed by atoms with Crippen molar-refractivity contribution < 1.29 is 19.0 Å². The van der Waals surface area contributed by atoms with Crippen LogP contribution in [0.2, 0.25) is 0 Å². The molecule has 1 saturated heterocycles. The fourth-order valence-electron chi connectivity index (χ4n) is 2.70. The second-order valence-corrected chi connectivity index (χ2v) is 7.44. The Morgan fingerprint density at radius 1 is 1.22 bits per heavy atom. The standard InChI is InChI=1S/C20H25N3O4/c1-20(2,3)27-19(24)23-18-21-10-15(11-22-18)17-9-16(13-26-17)25-12-14-7-5-4-6-8-14/h4-8,10-11,16-17H,9,12-13H2,1-3H3,(H,21,22,23,24). The number of hydrogen-bond donors (Lipinski definition) is 1. The topological polar surface area (TPSA) is 82.6 Å². The summed E-state index contributed by atoms with van der Waals surface area (Å²) >= 11 is 0. The molecule has 1 aromatic carbocycles. The highest BCUT2D eigenvalue weighted by Crippen LogP contribution is 2.30. The van der Waals surface area contributed by atoms with Crippen LogP contribution in [-0.2, 0) is 20.8 Å². The van der Waals surface area contributed by atoms with Gasteiger partial charge in [0.1, 0.15) is 5.60 Å². The quantitative estimate of drug-likeness (QED) is 0.859. The molecule has 2 unspecified atom stereocenters. The molecule has 1 fully saturated rings. The van der Waals surface area contributed by atoms with E-state index in [0.29, 0.717) is 13.2 Å². The van der Waals surface area contributed by atoms with E-state index in [-0.39, 0.29) is 18.2 Å². The highest BCUT2D eigenvalue weighted by molar-refractivity contribution is 5.82. The Hall–Kier alpha value is -2.51. The molecule has 1 aliphatic rings. The van der Waals surface area contributed by atoms with Crippen LogP contribution in [0.25, 0.3) is 0 Å². The summed E-state index contributed by atoms with van der Waals surface area (Å²) in [5, 5.41) is 2.51. The second kappa shape index (κ2) is 8.45. The third-order valence-corrected chi connectivity index (χ3v) is 3.95. The molecule has 144 valence electrons. The van der Waals surface area contributed by atoms with Gasteiger partial charge in [-0.1, -0.05) is 30.3 Å². The van der Waals surface area contributed by atoms with Gasteiger partial charge in [0.15, 0.2) is 0 Å². The number of benzene rings is 1. The van der Waals surface area contributed by atoms with Crippen LogP contribution >= 0.6 is 0 Å². The van der Waals surface area contributed by atoms with Crippen molar-refractivity contribution in [1.29, 1.82) is 0 Å². The van der Waals surface area contributed by atoms with Crippen LogP contribution in [0.3, 0.4) is 0 Å². The summed E-state index contributed by atoms with van der Waals surface area (Å²) in [5.41, 5.74) is 1.42. The van der Waals surface area contributed by atoms with Crippen molar-refractivity contribution in [2.24, 2.45) is 0 Å². The summed E-state index contributed by atoms with van der Waals surface area (Å²) in [4.78, 5) is 20.1. The summed E-state index contributed by atoms with van der Waals surface area (Å²) in [6, 6.07) is 10.1. The fraction of sp³-hybridized carbons (Fsp3) is 0.450. The first-order valence-corrected chi connectivity index (χ1v) is 8.98. The molecule has 1 amide bonds. The van der Waals surface area contributed by atoms with E-state index in [4.69, 9.17) is 14.2 Å². The molecule has 27 heavy (non-hydrogen) atoms. The summed E-state index contributed by atoms with van der Waals surface area (Å²) in [5.74, 6) is 0.197. The van der Waals surface area contributed by atoms with E-state index in [0.717, 1.165) is 17.5 Å². The zero-order valence-electron chi connectivity index (χ0n) is 15.8. The monoisotopic (exact) mass is 371 g/mol. The van der Waals surface area contributed by atoms with E-state index in [1.807, 2.05) is 30.3 Å². The molecule has 2 heterocycles. The molecule has 2 aromatic rings. The molecule has 0 spiro atoms. The molecule has 7 heteroatoms. The van der Waals surface area contributed by atoms with E-state index in [9.17, 15) is 4.79 Å². The first-order valence-electron chi connectivity index (χ1n) is 8.98. The molecule has 0 radical (unpaired) electrons. The van der Waals surface area contributed by atoms with Gasteiger partial charge in [-0.2, -0.15) is 0 Å². The van der Waals surface area contributed by atoms with Crippen LogP contribution in [0, 0.1) is 0 Å². The predicted molar refractivity (Wildman–Crippen MR) is 100 cm³/mol. The third kappa shape index (κ3) is 6.01. The Kier molecular flexibility index (Phi) is 6.03. The van der Waals surface area contributed by atoms with Gasteiger partial charge in [0, 0.05) is 24.4 Å². The number of amides is 1. The maximum Gasteiger partial charge on any atom is 0.414 e. The second-order valence-electron chi connectivity index (χ2n) is 7.44. The summed E-state index contributed by atoms with van der Waals surface area (Å²) < 4.78 is 16.9.